The van der Waals surface area contributed by atoms with Gasteiger partial charge in [0.2, 0.25) is 0 Å². The van der Waals surface area contributed by atoms with E-state index in [0.717, 1.165) is 12.5 Å². The van der Waals surface area contributed by atoms with Crippen LogP contribution in [-0.4, -0.2) is 20.3 Å². The number of ether oxygens (including phenoxy) is 2. The first-order valence-corrected chi connectivity index (χ1v) is 5.91. The summed E-state index contributed by atoms with van der Waals surface area (Å²) in [7, 11) is 2.55. The molecule has 1 aromatic carbocycles. The summed E-state index contributed by atoms with van der Waals surface area (Å²) in [5, 5.41) is 0. The molecule has 19 heavy (non-hydrogen) atoms. The van der Waals surface area contributed by atoms with Gasteiger partial charge >= 0.3 is 6.18 Å². The number of nitrogens with two attached hydrogens (primary N) is 1. The molecule has 0 radical (unpaired) electrons. The molecule has 0 saturated carbocycles. The first-order chi connectivity index (χ1) is 8.83. The maximum absolute atomic E-state index is 12.9. The molecule has 0 heterocycles. The Bertz CT molecular complexity index is 433. The van der Waals surface area contributed by atoms with E-state index >= 15 is 0 Å². The van der Waals surface area contributed by atoms with Crippen LogP contribution in [0.3, 0.4) is 0 Å². The third-order valence-corrected chi connectivity index (χ3v) is 2.91. The predicted molar refractivity (Wildman–Crippen MR) is 66.5 cm³/mol. The highest BCUT2D eigenvalue weighted by atomic mass is 19.4. The molecule has 108 valence electrons. The maximum Gasteiger partial charge on any atom is 0.420 e. The summed E-state index contributed by atoms with van der Waals surface area (Å²) in [4.78, 5) is 0. The second-order valence-electron chi connectivity index (χ2n) is 4.23. The van der Waals surface area contributed by atoms with Crippen LogP contribution in [0.5, 0.6) is 11.5 Å². The molecule has 3 nitrogen and oxygen atoms in total. The Morgan fingerprint density at radius 3 is 2.16 bits per heavy atom. The first kappa shape index (κ1) is 15.6. The van der Waals surface area contributed by atoms with Gasteiger partial charge in [0.05, 0.1) is 14.2 Å². The fourth-order valence-corrected chi connectivity index (χ4v) is 1.77. The number of hydrogen-bond donors (Lipinski definition) is 1. The van der Waals surface area contributed by atoms with Gasteiger partial charge in [0.1, 0.15) is 17.1 Å². The van der Waals surface area contributed by atoms with Gasteiger partial charge < -0.3 is 15.2 Å². The molecule has 0 unspecified atom stereocenters. The van der Waals surface area contributed by atoms with Gasteiger partial charge in [-0.25, -0.2) is 0 Å². The second kappa shape index (κ2) is 6.14. The fraction of sp³-hybridized carbons (Fsp3) is 0.538. The van der Waals surface area contributed by atoms with E-state index in [9.17, 15) is 13.2 Å². The normalized spacial score (nSPS) is 13.2. The summed E-state index contributed by atoms with van der Waals surface area (Å²) in [5.41, 5.74) is 5.59. The van der Waals surface area contributed by atoms with Crippen LogP contribution in [-0.2, 0) is 12.6 Å². The summed E-state index contributed by atoms with van der Waals surface area (Å²) in [6, 6.07) is 2.17. The van der Waals surface area contributed by atoms with Gasteiger partial charge in [-0.15, -0.1) is 0 Å². The lowest BCUT2D eigenvalue weighted by molar-refractivity contribution is -0.138. The topological polar surface area (TPSA) is 44.5 Å². The van der Waals surface area contributed by atoms with E-state index in [1.165, 1.54) is 20.3 Å². The number of benzene rings is 1. The smallest absolute Gasteiger partial charge is 0.420 e. The van der Waals surface area contributed by atoms with Gasteiger partial charge in [0, 0.05) is 6.04 Å². The average molecular weight is 277 g/mol. The minimum absolute atomic E-state index is 0.129. The number of methoxy groups -OCH3 is 2. The largest absolute Gasteiger partial charge is 0.496 e. The monoisotopic (exact) mass is 277 g/mol. The van der Waals surface area contributed by atoms with Crippen molar-refractivity contribution in [3.8, 4) is 11.5 Å². The zero-order valence-corrected chi connectivity index (χ0v) is 11.2. The highest BCUT2D eigenvalue weighted by molar-refractivity contribution is 5.48. The summed E-state index contributed by atoms with van der Waals surface area (Å²) in [5.74, 6) is -0.0383. The molecule has 2 N–H and O–H groups in total. The van der Waals surface area contributed by atoms with E-state index in [1.807, 2.05) is 6.92 Å². The van der Waals surface area contributed by atoms with Crippen LogP contribution in [0.4, 0.5) is 13.2 Å². The number of halogens is 3. The first-order valence-electron chi connectivity index (χ1n) is 5.91. The molecule has 0 spiro atoms. The Kier molecular flexibility index (Phi) is 5.05. The van der Waals surface area contributed by atoms with E-state index in [4.69, 9.17) is 15.2 Å². The molecule has 0 fully saturated rings. The SMILES string of the molecule is CC[C@@H](N)Cc1cc(OC)c(C(F)(F)F)cc1OC. The van der Waals surface area contributed by atoms with Crippen molar-refractivity contribution in [3.63, 3.8) is 0 Å². The minimum atomic E-state index is -4.48. The Labute approximate surface area is 110 Å². The van der Waals surface area contributed by atoms with Gasteiger partial charge in [-0.1, -0.05) is 6.92 Å². The number of alkyl halides is 3. The summed E-state index contributed by atoms with van der Waals surface area (Å²) in [6.07, 6.45) is -3.31. The molecule has 6 heteroatoms. The molecule has 0 aromatic heterocycles. The van der Waals surface area contributed by atoms with Crippen molar-refractivity contribution < 1.29 is 22.6 Å². The van der Waals surface area contributed by atoms with Crippen LogP contribution < -0.4 is 15.2 Å². The zero-order chi connectivity index (χ0) is 14.6. The maximum atomic E-state index is 12.9. The molecule has 0 saturated heterocycles. The van der Waals surface area contributed by atoms with Crippen molar-refractivity contribution in [2.24, 2.45) is 5.73 Å². The van der Waals surface area contributed by atoms with Crippen molar-refractivity contribution in [3.05, 3.63) is 23.3 Å². The quantitative estimate of drug-likeness (QED) is 0.899. The summed E-state index contributed by atoms with van der Waals surface area (Å²) in [6.45, 7) is 1.92. The summed E-state index contributed by atoms with van der Waals surface area (Å²) < 4.78 is 48.4. The van der Waals surface area contributed by atoms with E-state index in [0.29, 0.717) is 12.0 Å². The lowest BCUT2D eigenvalue weighted by atomic mass is 10.0. The van der Waals surface area contributed by atoms with E-state index < -0.39 is 11.7 Å². The highest BCUT2D eigenvalue weighted by Gasteiger charge is 2.35. The molecule has 1 aromatic rings. The third kappa shape index (κ3) is 3.76. The van der Waals surface area contributed by atoms with Gasteiger partial charge in [-0.3, -0.25) is 0 Å². The molecule has 0 amide bonds. The van der Waals surface area contributed by atoms with Crippen molar-refractivity contribution >= 4 is 0 Å². The lowest BCUT2D eigenvalue weighted by Crippen LogP contribution is -2.22. The zero-order valence-electron chi connectivity index (χ0n) is 11.2. The molecule has 0 aliphatic rings. The van der Waals surface area contributed by atoms with Crippen LogP contribution in [0.25, 0.3) is 0 Å². The molecule has 0 aliphatic heterocycles. The molecule has 0 aliphatic carbocycles. The minimum Gasteiger partial charge on any atom is -0.496 e. The molecule has 1 rings (SSSR count). The average Bonchev–Trinajstić information content (AvgIpc) is 2.36. The van der Waals surface area contributed by atoms with Crippen molar-refractivity contribution in [1.29, 1.82) is 0 Å². The van der Waals surface area contributed by atoms with Gasteiger partial charge in [-0.2, -0.15) is 13.2 Å². The number of hydrogen-bond acceptors (Lipinski definition) is 3. The number of rotatable bonds is 5. The Morgan fingerprint density at radius 2 is 1.74 bits per heavy atom. The van der Waals surface area contributed by atoms with Crippen LogP contribution in [0.1, 0.15) is 24.5 Å². The van der Waals surface area contributed by atoms with Gasteiger partial charge in [-0.05, 0) is 30.5 Å². The van der Waals surface area contributed by atoms with Crippen molar-refractivity contribution in [1.82, 2.24) is 0 Å². The standard InChI is InChI=1S/C13H18F3NO2/c1-4-9(17)5-8-6-12(19-3)10(13(14,15)16)7-11(8)18-2/h6-7,9H,4-5,17H2,1-3H3/t9-/m1/s1. The Hall–Kier alpha value is -1.43. The van der Waals surface area contributed by atoms with Crippen LogP contribution in [0, 0.1) is 0 Å². The highest BCUT2D eigenvalue weighted by Crippen LogP contribution is 2.40. The van der Waals surface area contributed by atoms with E-state index in [2.05, 4.69) is 0 Å². The van der Waals surface area contributed by atoms with E-state index in [-0.39, 0.29) is 17.5 Å². The van der Waals surface area contributed by atoms with Crippen molar-refractivity contribution in [2.45, 2.75) is 32.0 Å². The van der Waals surface area contributed by atoms with Gasteiger partial charge in [0.15, 0.2) is 0 Å². The molecule has 0 bridgehead atoms. The molecular weight excluding hydrogens is 259 g/mol. The lowest BCUT2D eigenvalue weighted by Gasteiger charge is -2.18. The van der Waals surface area contributed by atoms with E-state index in [1.54, 1.807) is 0 Å². The summed E-state index contributed by atoms with van der Waals surface area (Å²) >= 11 is 0. The van der Waals surface area contributed by atoms with Crippen LogP contribution in [0.15, 0.2) is 12.1 Å². The van der Waals surface area contributed by atoms with Gasteiger partial charge in [0.25, 0.3) is 0 Å². The molecular formula is C13H18F3NO2. The van der Waals surface area contributed by atoms with Crippen LogP contribution in [0.2, 0.25) is 0 Å². The predicted octanol–water partition coefficient (Wildman–Crippen LogP) is 3.00. The second-order valence-corrected chi connectivity index (χ2v) is 4.23. The Morgan fingerprint density at radius 1 is 1.16 bits per heavy atom. The fourth-order valence-electron chi connectivity index (χ4n) is 1.77. The molecule has 1 atom stereocenters. The Balaban J connectivity index is 3.27. The third-order valence-electron chi connectivity index (χ3n) is 2.91. The van der Waals surface area contributed by atoms with Crippen LogP contribution >= 0.6 is 0 Å². The van der Waals surface area contributed by atoms with Crippen molar-refractivity contribution in [2.75, 3.05) is 14.2 Å².